The maximum absolute atomic E-state index is 13.7. The zero-order valence-corrected chi connectivity index (χ0v) is 13.0. The fraction of sp³-hybridized carbons (Fsp3) is 0.154. The predicted molar refractivity (Wildman–Crippen MR) is 62.2 cm³/mol. The smallest absolute Gasteiger partial charge is 0.194 e. The van der Waals surface area contributed by atoms with Crippen LogP contribution >= 0.6 is 0 Å². The second-order valence-corrected chi connectivity index (χ2v) is 3.69. The first kappa shape index (κ1) is 16.0. The van der Waals surface area contributed by atoms with Crippen LogP contribution in [0.3, 0.4) is 0 Å². The largest absolute Gasteiger partial charge is 0.508 e. The molecule has 0 saturated heterocycles. The Morgan fingerprint density at radius 3 is 2.42 bits per heavy atom. The monoisotopic (exact) mass is 339 g/mol. The summed E-state index contributed by atoms with van der Waals surface area (Å²) in [7, 11) is 0. The number of nitrogens with zero attached hydrogens (tertiary/aromatic N) is 1. The third-order valence-electron chi connectivity index (χ3n) is 2.56. The Morgan fingerprint density at radius 2 is 1.89 bits per heavy atom. The molecule has 0 spiro atoms. The molecular formula is C13H10F2NO2Y-. The predicted octanol–water partition coefficient (Wildman–Crippen LogP) is 2.32. The number of halogens is 2. The number of hydrogen-bond donors (Lipinski definition) is 1. The Kier molecular flexibility index (Phi) is 5.38. The molecule has 0 bridgehead atoms. The van der Waals surface area contributed by atoms with Crippen LogP contribution in [0.5, 0.6) is 5.75 Å². The van der Waals surface area contributed by atoms with E-state index in [-0.39, 0.29) is 56.1 Å². The van der Waals surface area contributed by atoms with Crippen LogP contribution in [-0.2, 0) is 39.3 Å². The van der Waals surface area contributed by atoms with Gasteiger partial charge in [0.2, 0.25) is 0 Å². The Labute approximate surface area is 133 Å². The van der Waals surface area contributed by atoms with E-state index in [9.17, 15) is 13.6 Å². The Balaban J connectivity index is 0.00000180. The van der Waals surface area contributed by atoms with Crippen molar-refractivity contribution in [3.05, 3.63) is 52.3 Å². The van der Waals surface area contributed by atoms with Gasteiger partial charge in [-0.15, -0.1) is 0 Å². The molecule has 2 rings (SSSR count). The average Bonchev–Trinajstić information content (AvgIpc) is 2.27. The second kappa shape index (κ2) is 6.39. The minimum Gasteiger partial charge on any atom is -0.508 e. The quantitative estimate of drug-likeness (QED) is 0.854. The van der Waals surface area contributed by atoms with Crippen LogP contribution in [0.4, 0.5) is 8.78 Å². The van der Waals surface area contributed by atoms with E-state index in [4.69, 9.17) is 5.11 Å². The van der Waals surface area contributed by atoms with E-state index in [1.165, 1.54) is 16.7 Å². The molecule has 0 unspecified atom stereocenters. The molecule has 3 nitrogen and oxygen atoms in total. The van der Waals surface area contributed by atoms with Gasteiger partial charge >= 0.3 is 0 Å². The Morgan fingerprint density at radius 1 is 1.32 bits per heavy atom. The number of aromatic hydroxyl groups is 1. The van der Waals surface area contributed by atoms with Gasteiger partial charge in [0.15, 0.2) is 5.56 Å². The van der Waals surface area contributed by atoms with Crippen LogP contribution in [0.25, 0.3) is 11.3 Å². The van der Waals surface area contributed by atoms with E-state index in [0.29, 0.717) is 0 Å². The van der Waals surface area contributed by atoms with Gasteiger partial charge in [-0.05, 0) is 12.5 Å². The van der Waals surface area contributed by atoms with Gasteiger partial charge in [0, 0.05) is 51.4 Å². The van der Waals surface area contributed by atoms with E-state index in [1.807, 2.05) is 0 Å². The molecule has 2 aromatic rings. The molecule has 97 valence electrons. The molecule has 0 fully saturated rings. The van der Waals surface area contributed by atoms with Gasteiger partial charge in [-0.25, -0.2) is 8.78 Å². The molecule has 19 heavy (non-hydrogen) atoms. The van der Waals surface area contributed by atoms with Gasteiger partial charge < -0.3 is 9.67 Å². The number of rotatable bonds is 2. The van der Waals surface area contributed by atoms with Crippen LogP contribution in [0.2, 0.25) is 0 Å². The van der Waals surface area contributed by atoms with Crippen molar-refractivity contribution in [3.63, 3.8) is 0 Å². The number of phenolic OH excluding ortho intramolecular Hbond substituents is 1. The van der Waals surface area contributed by atoms with Crippen molar-refractivity contribution in [3.8, 4) is 17.0 Å². The molecule has 6 heteroatoms. The van der Waals surface area contributed by atoms with Crippen molar-refractivity contribution >= 4 is 0 Å². The third kappa shape index (κ3) is 3.09. The number of phenols is 1. The van der Waals surface area contributed by atoms with Crippen molar-refractivity contribution in [2.45, 2.75) is 13.5 Å². The molecule has 0 saturated carbocycles. The standard InChI is InChI=1S/C13H10F2NO2.Y/c1-2-16-11(4-3-5-12(16)18)13-9(14)6-8(17)7-10(13)15;/h3,5-7,17H,2H2,1H3;/q-1;. The van der Waals surface area contributed by atoms with Crippen LogP contribution in [0.1, 0.15) is 6.92 Å². The zero-order chi connectivity index (χ0) is 13.3. The van der Waals surface area contributed by atoms with Crippen LogP contribution in [0.15, 0.2) is 29.1 Å². The Hall–Kier alpha value is -1.07. The van der Waals surface area contributed by atoms with Gasteiger partial charge in [-0.3, -0.25) is 4.79 Å². The van der Waals surface area contributed by atoms with E-state index in [1.54, 1.807) is 6.92 Å². The molecule has 0 aliphatic carbocycles. The zero-order valence-electron chi connectivity index (χ0n) is 10.2. The van der Waals surface area contributed by atoms with Crippen LogP contribution < -0.4 is 5.56 Å². The van der Waals surface area contributed by atoms with Gasteiger partial charge in [0.1, 0.15) is 5.75 Å². The van der Waals surface area contributed by atoms with E-state index < -0.39 is 17.4 Å². The van der Waals surface area contributed by atoms with Crippen molar-refractivity contribution in [1.82, 2.24) is 4.57 Å². The molecule has 0 amide bonds. The van der Waals surface area contributed by atoms with E-state index in [0.717, 1.165) is 12.1 Å². The summed E-state index contributed by atoms with van der Waals surface area (Å²) in [6.45, 7) is 1.96. The third-order valence-corrected chi connectivity index (χ3v) is 2.56. The number of aromatic nitrogens is 1. The second-order valence-electron chi connectivity index (χ2n) is 3.69. The first-order valence-corrected chi connectivity index (χ1v) is 5.34. The van der Waals surface area contributed by atoms with E-state index in [2.05, 4.69) is 6.07 Å². The molecular weight excluding hydrogens is 329 g/mol. The summed E-state index contributed by atoms with van der Waals surface area (Å²) in [5, 5.41) is 9.09. The van der Waals surface area contributed by atoms with Gasteiger partial charge in [-0.2, -0.15) is 12.1 Å². The number of pyridine rings is 1. The molecule has 1 N–H and O–H groups in total. The molecule has 0 atom stereocenters. The SMILES string of the molecule is CCn1c(-c2c(F)cc(O)cc2F)[c-]ccc1=O.[Y]. The fourth-order valence-electron chi connectivity index (χ4n) is 1.78. The maximum Gasteiger partial charge on any atom is 0.194 e. The van der Waals surface area contributed by atoms with Gasteiger partial charge in [0.05, 0.1) is 11.6 Å². The summed E-state index contributed by atoms with van der Waals surface area (Å²) >= 11 is 0. The average molecular weight is 339 g/mol. The molecule has 1 radical (unpaired) electrons. The fourth-order valence-corrected chi connectivity index (χ4v) is 1.78. The van der Waals surface area contributed by atoms with Gasteiger partial charge in [0.25, 0.3) is 0 Å². The Bertz CT molecular complexity index is 632. The molecule has 1 aromatic heterocycles. The molecule has 1 heterocycles. The summed E-state index contributed by atoms with van der Waals surface area (Å²) in [4.78, 5) is 11.6. The van der Waals surface area contributed by atoms with Crippen molar-refractivity contribution in [2.75, 3.05) is 0 Å². The summed E-state index contributed by atoms with van der Waals surface area (Å²) in [6.07, 6.45) is 0. The molecule has 0 aliphatic rings. The maximum atomic E-state index is 13.7. The summed E-state index contributed by atoms with van der Waals surface area (Å²) in [6, 6.07) is 6.82. The summed E-state index contributed by atoms with van der Waals surface area (Å²) < 4.78 is 28.6. The molecule has 1 aromatic carbocycles. The first-order valence-electron chi connectivity index (χ1n) is 5.34. The summed E-state index contributed by atoms with van der Waals surface area (Å²) in [5.74, 6) is -2.37. The van der Waals surface area contributed by atoms with Crippen molar-refractivity contribution in [1.29, 1.82) is 0 Å². The first-order chi connectivity index (χ1) is 8.54. The van der Waals surface area contributed by atoms with Crippen molar-refractivity contribution < 1.29 is 46.6 Å². The number of benzene rings is 1. The normalized spacial score (nSPS) is 10.1. The van der Waals surface area contributed by atoms with Crippen LogP contribution in [-0.4, -0.2) is 9.67 Å². The van der Waals surface area contributed by atoms with Crippen molar-refractivity contribution in [2.24, 2.45) is 0 Å². The minimum atomic E-state index is -0.934. The summed E-state index contributed by atoms with van der Waals surface area (Å²) in [5.41, 5.74) is -0.703. The minimum absolute atomic E-state index is 0. The topological polar surface area (TPSA) is 42.2 Å². The van der Waals surface area contributed by atoms with E-state index >= 15 is 0 Å². The van der Waals surface area contributed by atoms with Gasteiger partial charge in [-0.1, -0.05) is 11.8 Å². The van der Waals surface area contributed by atoms with Crippen LogP contribution in [0, 0.1) is 17.7 Å². The molecule has 0 aliphatic heterocycles. The number of hydrogen-bond acceptors (Lipinski definition) is 2.